The molecular formula is C11H11N3O2S. The Labute approximate surface area is 102 Å². The number of aliphatic carboxylic acids is 1. The molecule has 0 saturated carbocycles. The lowest BCUT2D eigenvalue weighted by Crippen LogP contribution is -2.20. The van der Waals surface area contributed by atoms with Gasteiger partial charge in [0.25, 0.3) is 0 Å². The summed E-state index contributed by atoms with van der Waals surface area (Å²) in [6, 6.07) is 8.45. The van der Waals surface area contributed by atoms with Gasteiger partial charge in [0.2, 0.25) is 0 Å². The minimum absolute atomic E-state index is 0.362. The number of nitrogens with one attached hydrogen (secondary N) is 1. The molecule has 0 saturated heterocycles. The molecule has 1 aromatic heterocycles. The first-order valence-corrected chi connectivity index (χ1v) is 5.80. The van der Waals surface area contributed by atoms with Crippen LogP contribution in [0.4, 0.5) is 10.8 Å². The zero-order chi connectivity index (χ0) is 12.3. The maximum Gasteiger partial charge on any atom is 0.326 e. The normalized spacial score (nSPS) is 12.1. The van der Waals surface area contributed by atoms with Crippen molar-refractivity contribution in [1.29, 1.82) is 0 Å². The summed E-state index contributed by atoms with van der Waals surface area (Å²) in [5.41, 5.74) is 6.72. The fraction of sp³-hybridized carbons (Fsp3) is 0.0909. The lowest BCUT2D eigenvalue weighted by Gasteiger charge is -2.02. The summed E-state index contributed by atoms with van der Waals surface area (Å²) in [6.07, 6.45) is 0. The number of thiazole rings is 1. The van der Waals surface area contributed by atoms with Gasteiger partial charge in [-0.05, 0) is 12.1 Å². The lowest BCUT2D eigenvalue weighted by molar-refractivity contribution is -0.138. The summed E-state index contributed by atoms with van der Waals surface area (Å²) in [4.78, 5) is 14.8. The van der Waals surface area contributed by atoms with Crippen LogP contribution in [0.5, 0.6) is 0 Å². The smallest absolute Gasteiger partial charge is 0.326 e. The van der Waals surface area contributed by atoms with Gasteiger partial charge in [-0.15, -0.1) is 11.3 Å². The van der Waals surface area contributed by atoms with Crippen molar-refractivity contribution in [3.8, 4) is 0 Å². The van der Waals surface area contributed by atoms with Gasteiger partial charge in [-0.3, -0.25) is 4.79 Å². The van der Waals surface area contributed by atoms with Gasteiger partial charge in [0.15, 0.2) is 5.13 Å². The number of rotatable bonds is 4. The Morgan fingerprint density at radius 3 is 2.76 bits per heavy atom. The van der Waals surface area contributed by atoms with Crippen molar-refractivity contribution in [3.63, 3.8) is 0 Å². The Bertz CT molecular complexity index is 512. The van der Waals surface area contributed by atoms with Crippen LogP contribution in [-0.4, -0.2) is 16.1 Å². The first-order valence-electron chi connectivity index (χ1n) is 4.92. The van der Waals surface area contributed by atoms with Crippen LogP contribution in [0.2, 0.25) is 0 Å². The van der Waals surface area contributed by atoms with Crippen molar-refractivity contribution >= 4 is 28.1 Å². The molecule has 1 heterocycles. The maximum absolute atomic E-state index is 10.7. The number of aromatic nitrogens is 1. The highest BCUT2D eigenvalue weighted by atomic mass is 32.1. The second kappa shape index (κ2) is 4.94. The SMILES string of the molecule is NC(C(=O)O)c1csc(Nc2ccccc2)n1. The molecule has 17 heavy (non-hydrogen) atoms. The van der Waals surface area contributed by atoms with E-state index in [4.69, 9.17) is 10.8 Å². The van der Waals surface area contributed by atoms with E-state index in [0.29, 0.717) is 10.8 Å². The molecule has 0 bridgehead atoms. The maximum atomic E-state index is 10.7. The predicted molar refractivity (Wildman–Crippen MR) is 66.4 cm³/mol. The Kier molecular flexibility index (Phi) is 3.36. The molecule has 0 radical (unpaired) electrons. The molecule has 4 N–H and O–H groups in total. The molecule has 0 aliphatic rings. The lowest BCUT2D eigenvalue weighted by atomic mass is 10.2. The van der Waals surface area contributed by atoms with Crippen molar-refractivity contribution in [3.05, 3.63) is 41.4 Å². The summed E-state index contributed by atoms with van der Waals surface area (Å²) in [5.74, 6) is -1.08. The van der Waals surface area contributed by atoms with Gasteiger partial charge >= 0.3 is 5.97 Å². The molecule has 0 aliphatic carbocycles. The van der Waals surface area contributed by atoms with Crippen molar-refractivity contribution in [2.24, 2.45) is 5.73 Å². The van der Waals surface area contributed by atoms with E-state index >= 15 is 0 Å². The predicted octanol–water partition coefficient (Wildman–Crippen LogP) is 1.97. The van der Waals surface area contributed by atoms with Crippen LogP contribution in [0.1, 0.15) is 11.7 Å². The zero-order valence-electron chi connectivity index (χ0n) is 8.83. The molecule has 2 rings (SSSR count). The van der Waals surface area contributed by atoms with E-state index in [-0.39, 0.29) is 0 Å². The number of anilines is 2. The minimum Gasteiger partial charge on any atom is -0.480 e. The number of para-hydroxylation sites is 1. The van der Waals surface area contributed by atoms with Crippen molar-refractivity contribution in [2.45, 2.75) is 6.04 Å². The molecule has 6 heteroatoms. The third-order valence-corrected chi connectivity index (χ3v) is 2.91. The van der Waals surface area contributed by atoms with E-state index in [9.17, 15) is 4.79 Å². The van der Waals surface area contributed by atoms with Crippen molar-refractivity contribution in [1.82, 2.24) is 4.98 Å². The third kappa shape index (κ3) is 2.80. The van der Waals surface area contributed by atoms with Crippen molar-refractivity contribution in [2.75, 3.05) is 5.32 Å². The quantitative estimate of drug-likeness (QED) is 0.771. The summed E-state index contributed by atoms with van der Waals surface area (Å²) in [5, 5.41) is 14.1. The molecule has 88 valence electrons. The third-order valence-electron chi connectivity index (χ3n) is 2.13. The fourth-order valence-corrected chi connectivity index (χ4v) is 2.02. The largest absolute Gasteiger partial charge is 0.480 e. The van der Waals surface area contributed by atoms with E-state index in [1.807, 2.05) is 30.3 Å². The highest BCUT2D eigenvalue weighted by molar-refractivity contribution is 7.13. The number of nitrogens with two attached hydrogens (primary N) is 1. The molecule has 1 unspecified atom stereocenters. The fourth-order valence-electron chi connectivity index (χ4n) is 1.26. The minimum atomic E-state index is -1.08. The average Bonchev–Trinajstić information content (AvgIpc) is 2.77. The van der Waals surface area contributed by atoms with Gasteiger partial charge in [-0.1, -0.05) is 18.2 Å². The van der Waals surface area contributed by atoms with Gasteiger partial charge in [-0.2, -0.15) is 0 Å². The summed E-state index contributed by atoms with van der Waals surface area (Å²) >= 11 is 1.32. The zero-order valence-corrected chi connectivity index (χ0v) is 9.65. The molecule has 0 spiro atoms. The molecule has 2 aromatic rings. The van der Waals surface area contributed by atoms with E-state index < -0.39 is 12.0 Å². The van der Waals surface area contributed by atoms with Gasteiger partial charge in [0.05, 0.1) is 5.69 Å². The van der Waals surface area contributed by atoms with Crippen LogP contribution in [0.3, 0.4) is 0 Å². The molecule has 1 aromatic carbocycles. The standard InChI is InChI=1S/C11H11N3O2S/c12-9(10(15)16)8-6-17-11(14-8)13-7-4-2-1-3-5-7/h1-6,9H,12H2,(H,13,14)(H,15,16). The van der Waals surface area contributed by atoms with E-state index in [1.54, 1.807) is 5.38 Å². The second-order valence-electron chi connectivity index (χ2n) is 3.38. The number of hydrogen-bond acceptors (Lipinski definition) is 5. The van der Waals surface area contributed by atoms with Gasteiger partial charge in [-0.25, -0.2) is 4.98 Å². The highest BCUT2D eigenvalue weighted by Gasteiger charge is 2.17. The Morgan fingerprint density at radius 1 is 1.41 bits per heavy atom. The summed E-state index contributed by atoms with van der Waals surface area (Å²) in [7, 11) is 0. The molecule has 1 atom stereocenters. The first kappa shape index (κ1) is 11.6. The number of benzene rings is 1. The van der Waals surface area contributed by atoms with Gasteiger partial charge < -0.3 is 16.2 Å². The number of carboxylic acids is 1. The topological polar surface area (TPSA) is 88.2 Å². The van der Waals surface area contributed by atoms with Crippen LogP contribution in [-0.2, 0) is 4.79 Å². The highest BCUT2D eigenvalue weighted by Crippen LogP contribution is 2.23. The van der Waals surface area contributed by atoms with Crippen LogP contribution in [0.25, 0.3) is 0 Å². The van der Waals surface area contributed by atoms with Gasteiger partial charge in [0.1, 0.15) is 6.04 Å². The summed E-state index contributed by atoms with van der Waals surface area (Å²) in [6.45, 7) is 0. The monoisotopic (exact) mass is 249 g/mol. The van der Waals surface area contributed by atoms with E-state index in [0.717, 1.165) is 5.69 Å². The molecular weight excluding hydrogens is 238 g/mol. The first-order chi connectivity index (χ1) is 8.16. The number of hydrogen-bond donors (Lipinski definition) is 3. The summed E-state index contributed by atoms with van der Waals surface area (Å²) < 4.78 is 0. The Balaban J connectivity index is 2.11. The van der Waals surface area contributed by atoms with Crippen molar-refractivity contribution < 1.29 is 9.90 Å². The number of carbonyl (C=O) groups is 1. The van der Waals surface area contributed by atoms with Gasteiger partial charge in [0, 0.05) is 11.1 Å². The second-order valence-corrected chi connectivity index (χ2v) is 4.24. The van der Waals surface area contributed by atoms with Crippen LogP contribution >= 0.6 is 11.3 Å². The number of nitrogens with zero attached hydrogens (tertiary/aromatic N) is 1. The Morgan fingerprint density at radius 2 is 2.12 bits per heavy atom. The molecule has 0 aliphatic heterocycles. The molecule has 0 amide bonds. The van der Waals surface area contributed by atoms with Crippen LogP contribution in [0, 0.1) is 0 Å². The van der Waals surface area contributed by atoms with E-state index in [2.05, 4.69) is 10.3 Å². The molecule has 5 nitrogen and oxygen atoms in total. The van der Waals surface area contributed by atoms with Crippen LogP contribution in [0.15, 0.2) is 35.7 Å². The number of carboxylic acid groups (broad SMARTS) is 1. The van der Waals surface area contributed by atoms with E-state index in [1.165, 1.54) is 11.3 Å². The molecule has 0 fully saturated rings. The van der Waals surface area contributed by atoms with Crippen LogP contribution < -0.4 is 11.1 Å². The Hall–Kier alpha value is -1.92. The average molecular weight is 249 g/mol.